The summed E-state index contributed by atoms with van der Waals surface area (Å²) in [6.07, 6.45) is 1.34. The average Bonchev–Trinajstić information content (AvgIpc) is 2.95. The molecule has 1 saturated heterocycles. The van der Waals surface area contributed by atoms with Crippen molar-refractivity contribution in [1.82, 2.24) is 10.6 Å². The Labute approximate surface area is 111 Å². The van der Waals surface area contributed by atoms with Gasteiger partial charge < -0.3 is 15.7 Å². The van der Waals surface area contributed by atoms with Crippen molar-refractivity contribution in [3.05, 3.63) is 22.4 Å². The molecule has 1 amide bonds. The van der Waals surface area contributed by atoms with Gasteiger partial charge in [0, 0.05) is 6.54 Å². The monoisotopic (exact) mass is 276 g/mol. The van der Waals surface area contributed by atoms with E-state index in [0.29, 0.717) is 0 Å². The number of carbonyl (C=O) groups excluding carboxylic acids is 1. The summed E-state index contributed by atoms with van der Waals surface area (Å²) in [5.74, 6) is -0.00761. The van der Waals surface area contributed by atoms with Crippen molar-refractivity contribution in [3.8, 4) is 0 Å². The standard InChI is InChI=1S/C11H16N2O2S.ClH/c14-10(8-3-5-16-7-8)6-13-11(15)9-2-1-4-12-9;/h3,5,7,9-10,12,14H,1-2,4,6H2,(H,13,15);1H/t9-,10?;/m0./s1. The van der Waals surface area contributed by atoms with Crippen molar-refractivity contribution in [2.75, 3.05) is 13.1 Å². The highest BCUT2D eigenvalue weighted by Crippen LogP contribution is 2.15. The number of hydrogen-bond donors (Lipinski definition) is 3. The largest absolute Gasteiger partial charge is 0.387 e. The molecule has 1 unspecified atom stereocenters. The molecular formula is C11H17ClN2O2S. The van der Waals surface area contributed by atoms with Gasteiger partial charge in [-0.1, -0.05) is 0 Å². The van der Waals surface area contributed by atoms with Crippen molar-refractivity contribution in [2.24, 2.45) is 0 Å². The van der Waals surface area contributed by atoms with Gasteiger partial charge in [0.25, 0.3) is 0 Å². The van der Waals surface area contributed by atoms with Crippen LogP contribution in [0.5, 0.6) is 0 Å². The van der Waals surface area contributed by atoms with E-state index in [9.17, 15) is 9.90 Å². The number of halogens is 1. The van der Waals surface area contributed by atoms with Gasteiger partial charge in [-0.2, -0.15) is 11.3 Å². The highest BCUT2D eigenvalue weighted by atomic mass is 35.5. The van der Waals surface area contributed by atoms with Crippen molar-refractivity contribution in [1.29, 1.82) is 0 Å². The number of aliphatic hydroxyl groups excluding tert-OH is 1. The van der Waals surface area contributed by atoms with E-state index in [4.69, 9.17) is 0 Å². The Hall–Kier alpha value is -0.620. The molecule has 1 fully saturated rings. The third-order valence-corrected chi connectivity index (χ3v) is 3.48. The normalized spacial score (nSPS) is 20.6. The second-order valence-corrected chi connectivity index (χ2v) is 4.75. The molecule has 2 rings (SSSR count). The van der Waals surface area contributed by atoms with Crippen molar-refractivity contribution < 1.29 is 9.90 Å². The third kappa shape index (κ3) is 3.96. The fraction of sp³-hybridized carbons (Fsp3) is 0.545. The first kappa shape index (κ1) is 14.4. The maximum Gasteiger partial charge on any atom is 0.237 e. The Morgan fingerprint density at radius 1 is 1.71 bits per heavy atom. The molecule has 0 aromatic carbocycles. The number of rotatable bonds is 4. The third-order valence-electron chi connectivity index (χ3n) is 2.77. The molecule has 0 radical (unpaired) electrons. The van der Waals surface area contributed by atoms with Crippen molar-refractivity contribution in [3.63, 3.8) is 0 Å². The highest BCUT2D eigenvalue weighted by Gasteiger charge is 2.22. The van der Waals surface area contributed by atoms with Gasteiger partial charge in [0.2, 0.25) is 5.91 Å². The number of thiophene rings is 1. The lowest BCUT2D eigenvalue weighted by molar-refractivity contribution is -0.123. The van der Waals surface area contributed by atoms with E-state index in [2.05, 4.69) is 10.6 Å². The van der Waals surface area contributed by atoms with E-state index >= 15 is 0 Å². The molecule has 0 aliphatic carbocycles. The number of aliphatic hydroxyl groups is 1. The molecule has 1 aromatic heterocycles. The molecule has 2 heterocycles. The fourth-order valence-electron chi connectivity index (χ4n) is 1.81. The van der Waals surface area contributed by atoms with Gasteiger partial charge in [-0.15, -0.1) is 12.4 Å². The molecule has 0 spiro atoms. The van der Waals surface area contributed by atoms with Gasteiger partial charge >= 0.3 is 0 Å². The van der Waals surface area contributed by atoms with E-state index in [-0.39, 0.29) is 30.9 Å². The molecule has 3 N–H and O–H groups in total. The summed E-state index contributed by atoms with van der Waals surface area (Å²) in [6, 6.07) is 1.80. The maximum absolute atomic E-state index is 11.6. The quantitative estimate of drug-likeness (QED) is 0.771. The molecule has 6 heteroatoms. The predicted octanol–water partition coefficient (Wildman–Crippen LogP) is 1.07. The van der Waals surface area contributed by atoms with Crippen LogP contribution in [-0.4, -0.2) is 30.1 Å². The molecule has 17 heavy (non-hydrogen) atoms. The second kappa shape index (κ2) is 6.96. The van der Waals surface area contributed by atoms with Crippen LogP contribution in [0.1, 0.15) is 24.5 Å². The predicted molar refractivity (Wildman–Crippen MR) is 70.6 cm³/mol. The number of nitrogens with one attached hydrogen (secondary N) is 2. The van der Waals surface area contributed by atoms with Crippen LogP contribution in [0.2, 0.25) is 0 Å². The summed E-state index contributed by atoms with van der Waals surface area (Å²) in [6.45, 7) is 1.19. The van der Waals surface area contributed by atoms with E-state index in [1.807, 2.05) is 16.8 Å². The molecule has 1 aliphatic heterocycles. The molecule has 0 bridgehead atoms. The number of amides is 1. The molecule has 2 atom stereocenters. The lowest BCUT2D eigenvalue weighted by atomic mass is 10.2. The van der Waals surface area contributed by atoms with Crippen LogP contribution in [0.15, 0.2) is 16.8 Å². The maximum atomic E-state index is 11.6. The van der Waals surface area contributed by atoms with E-state index in [1.54, 1.807) is 11.3 Å². The number of hydrogen-bond acceptors (Lipinski definition) is 4. The van der Waals surface area contributed by atoms with Crippen molar-refractivity contribution >= 4 is 29.7 Å². The lowest BCUT2D eigenvalue weighted by Gasteiger charge is -2.14. The van der Waals surface area contributed by atoms with Crippen LogP contribution >= 0.6 is 23.7 Å². The Balaban J connectivity index is 0.00000144. The van der Waals surface area contributed by atoms with Crippen LogP contribution in [0, 0.1) is 0 Å². The minimum absolute atomic E-state index is 0. The van der Waals surface area contributed by atoms with Gasteiger partial charge in [-0.05, 0) is 41.8 Å². The first-order valence-corrected chi connectivity index (χ1v) is 6.43. The Bertz CT molecular complexity index is 339. The summed E-state index contributed by atoms with van der Waals surface area (Å²) in [4.78, 5) is 11.6. The van der Waals surface area contributed by atoms with E-state index < -0.39 is 6.10 Å². The van der Waals surface area contributed by atoms with Crippen molar-refractivity contribution in [2.45, 2.75) is 25.0 Å². The number of carbonyl (C=O) groups is 1. The Morgan fingerprint density at radius 2 is 2.53 bits per heavy atom. The van der Waals surface area contributed by atoms with Crippen LogP contribution in [0.4, 0.5) is 0 Å². The van der Waals surface area contributed by atoms with Gasteiger partial charge in [-0.25, -0.2) is 0 Å². The molecule has 1 aliphatic rings. The van der Waals surface area contributed by atoms with Gasteiger partial charge in [0.15, 0.2) is 0 Å². The van der Waals surface area contributed by atoms with Crippen LogP contribution in [0.3, 0.4) is 0 Å². The molecule has 96 valence electrons. The zero-order valence-electron chi connectivity index (χ0n) is 9.39. The first-order chi connectivity index (χ1) is 7.77. The summed E-state index contributed by atoms with van der Waals surface area (Å²) in [5.41, 5.74) is 0.865. The average molecular weight is 277 g/mol. The molecule has 1 aromatic rings. The topological polar surface area (TPSA) is 61.4 Å². The smallest absolute Gasteiger partial charge is 0.237 e. The minimum Gasteiger partial charge on any atom is -0.387 e. The zero-order valence-corrected chi connectivity index (χ0v) is 11.0. The lowest BCUT2D eigenvalue weighted by Crippen LogP contribution is -2.41. The summed E-state index contributed by atoms with van der Waals surface area (Å²) >= 11 is 1.54. The van der Waals surface area contributed by atoms with Crippen LogP contribution in [-0.2, 0) is 4.79 Å². The van der Waals surface area contributed by atoms with Gasteiger partial charge in [-0.3, -0.25) is 4.79 Å². The summed E-state index contributed by atoms with van der Waals surface area (Å²) < 4.78 is 0. The van der Waals surface area contributed by atoms with Gasteiger partial charge in [0.1, 0.15) is 0 Å². The van der Waals surface area contributed by atoms with E-state index in [1.165, 1.54) is 0 Å². The Kier molecular flexibility index (Phi) is 5.91. The SMILES string of the molecule is Cl.O=C(NCC(O)c1ccsc1)[C@@H]1CCCN1. The minimum atomic E-state index is -0.600. The molecule has 0 saturated carbocycles. The van der Waals surface area contributed by atoms with Gasteiger partial charge in [0.05, 0.1) is 12.1 Å². The van der Waals surface area contributed by atoms with E-state index in [0.717, 1.165) is 24.9 Å². The van der Waals surface area contributed by atoms with Crippen LogP contribution in [0.25, 0.3) is 0 Å². The van der Waals surface area contributed by atoms with Crippen LogP contribution < -0.4 is 10.6 Å². The Morgan fingerprint density at radius 3 is 3.12 bits per heavy atom. The molecular weight excluding hydrogens is 260 g/mol. The highest BCUT2D eigenvalue weighted by molar-refractivity contribution is 7.07. The second-order valence-electron chi connectivity index (χ2n) is 3.97. The summed E-state index contributed by atoms with van der Waals surface area (Å²) in [5, 5.41) is 19.5. The fourth-order valence-corrected chi connectivity index (χ4v) is 2.52. The zero-order chi connectivity index (χ0) is 11.4. The first-order valence-electron chi connectivity index (χ1n) is 5.48. The summed E-state index contributed by atoms with van der Waals surface area (Å²) in [7, 11) is 0. The molecule has 4 nitrogen and oxygen atoms in total.